The molecule has 1 aromatic heterocycles. The predicted molar refractivity (Wildman–Crippen MR) is 111 cm³/mol. The molecule has 2 fully saturated rings. The molecular weight excluding hydrogens is 384 g/mol. The Hall–Kier alpha value is -2.45. The number of rotatable bonds is 6. The molecule has 0 saturated carbocycles. The summed E-state index contributed by atoms with van der Waals surface area (Å²) in [4.78, 5) is 38.1. The molecule has 162 valence electrons. The monoisotopic (exact) mass is 414 g/mol. The number of benzene rings is 1. The molecule has 1 spiro atoms. The maximum atomic E-state index is 12.7. The van der Waals surface area contributed by atoms with Crippen molar-refractivity contribution in [2.45, 2.75) is 44.7 Å². The van der Waals surface area contributed by atoms with E-state index in [1.165, 1.54) is 12.2 Å². The van der Waals surface area contributed by atoms with Crippen molar-refractivity contribution >= 4 is 22.9 Å². The van der Waals surface area contributed by atoms with Crippen molar-refractivity contribution in [3.05, 3.63) is 30.1 Å². The number of aromatic nitrogens is 2. The lowest BCUT2D eigenvalue weighted by atomic mass is 9.77. The van der Waals surface area contributed by atoms with Gasteiger partial charge in [-0.3, -0.25) is 19.3 Å². The molecule has 0 aliphatic carbocycles. The first-order chi connectivity index (χ1) is 14.5. The third kappa shape index (κ3) is 3.48. The molecule has 2 aromatic rings. The average Bonchev–Trinajstić information content (AvgIpc) is 3.22. The number of hydroxylamine groups is 2. The Labute approximate surface area is 176 Å². The van der Waals surface area contributed by atoms with Crippen molar-refractivity contribution in [2.24, 2.45) is 13.0 Å². The predicted octanol–water partition coefficient (Wildman–Crippen LogP) is 2.27. The molecule has 2 aliphatic heterocycles. The third-order valence-electron chi connectivity index (χ3n) is 6.54. The van der Waals surface area contributed by atoms with Gasteiger partial charge in [-0.15, -0.1) is 0 Å². The first kappa shape index (κ1) is 20.8. The molecule has 30 heavy (non-hydrogen) atoms. The number of fused-ring (bicyclic) bond motifs is 1. The van der Waals surface area contributed by atoms with Gasteiger partial charge in [0.25, 0.3) is 0 Å². The molecule has 8 heteroatoms. The molecule has 4 rings (SSSR count). The smallest absolute Gasteiger partial charge is 0.311 e. The lowest BCUT2D eigenvalue weighted by Crippen LogP contribution is -2.57. The second-order valence-electron chi connectivity index (χ2n) is 8.26. The number of para-hydroxylation sites is 2. The molecule has 0 bridgehead atoms. The lowest BCUT2D eigenvalue weighted by molar-refractivity contribution is -0.223. The summed E-state index contributed by atoms with van der Waals surface area (Å²) >= 11 is 0. The Kier molecular flexibility index (Phi) is 5.79. The summed E-state index contributed by atoms with van der Waals surface area (Å²) in [6.45, 7) is 4.72. The number of amides is 1. The first-order valence-corrected chi connectivity index (χ1v) is 10.7. The van der Waals surface area contributed by atoms with Gasteiger partial charge in [0.2, 0.25) is 5.91 Å². The second-order valence-corrected chi connectivity index (χ2v) is 8.26. The fraction of sp³-hybridized carbons (Fsp3) is 0.591. The number of nitrogens with zero attached hydrogens (tertiary/aromatic N) is 4. The quantitative estimate of drug-likeness (QED) is 0.675. The van der Waals surface area contributed by atoms with Gasteiger partial charge in [-0.05, 0) is 31.4 Å². The van der Waals surface area contributed by atoms with E-state index in [9.17, 15) is 9.59 Å². The van der Waals surface area contributed by atoms with E-state index in [0.717, 1.165) is 42.9 Å². The van der Waals surface area contributed by atoms with Crippen molar-refractivity contribution in [2.75, 3.05) is 26.8 Å². The van der Waals surface area contributed by atoms with Gasteiger partial charge in [0.05, 0.1) is 42.8 Å². The van der Waals surface area contributed by atoms with E-state index in [2.05, 4.69) is 15.5 Å². The number of imidazole rings is 1. The second kappa shape index (κ2) is 8.35. The topological polar surface area (TPSA) is 76.9 Å². The molecule has 8 nitrogen and oxygen atoms in total. The number of hydrogen-bond donors (Lipinski definition) is 0. The Morgan fingerprint density at radius 3 is 2.67 bits per heavy atom. The van der Waals surface area contributed by atoms with Crippen molar-refractivity contribution < 1.29 is 19.2 Å². The summed E-state index contributed by atoms with van der Waals surface area (Å²) in [6, 6.07) is 8.12. The highest BCUT2D eigenvalue weighted by Gasteiger charge is 2.58. The lowest BCUT2D eigenvalue weighted by Gasteiger charge is -2.45. The third-order valence-corrected chi connectivity index (χ3v) is 6.54. The fourth-order valence-corrected chi connectivity index (χ4v) is 4.85. The number of hydrogen-bond acceptors (Lipinski definition) is 6. The highest BCUT2D eigenvalue weighted by atomic mass is 16.7. The summed E-state index contributed by atoms with van der Waals surface area (Å²) < 4.78 is 7.17. The number of piperidine rings is 1. The minimum absolute atomic E-state index is 0.123. The van der Waals surface area contributed by atoms with Crippen LogP contribution in [0.25, 0.3) is 11.0 Å². The highest BCUT2D eigenvalue weighted by molar-refractivity contribution is 5.88. The van der Waals surface area contributed by atoms with Crippen LogP contribution in [0.4, 0.5) is 0 Å². The van der Waals surface area contributed by atoms with Crippen LogP contribution in [0.1, 0.15) is 38.4 Å². The van der Waals surface area contributed by atoms with Crippen molar-refractivity contribution in [1.29, 1.82) is 0 Å². The Bertz CT molecular complexity index is 932. The van der Waals surface area contributed by atoms with E-state index in [0.29, 0.717) is 19.4 Å². The zero-order valence-electron chi connectivity index (χ0n) is 18.0. The van der Waals surface area contributed by atoms with Crippen LogP contribution in [0, 0.1) is 5.92 Å². The zero-order valence-corrected chi connectivity index (χ0v) is 18.0. The van der Waals surface area contributed by atoms with Crippen LogP contribution in [-0.2, 0) is 32.8 Å². The van der Waals surface area contributed by atoms with Crippen LogP contribution >= 0.6 is 0 Å². The average molecular weight is 415 g/mol. The number of esters is 1. The van der Waals surface area contributed by atoms with Crippen LogP contribution in [0.3, 0.4) is 0 Å². The van der Waals surface area contributed by atoms with Crippen molar-refractivity contribution in [3.8, 4) is 0 Å². The summed E-state index contributed by atoms with van der Waals surface area (Å²) in [5, 5.41) is 1.50. The fourth-order valence-electron chi connectivity index (χ4n) is 4.85. The molecule has 1 amide bonds. The van der Waals surface area contributed by atoms with E-state index in [-0.39, 0.29) is 18.3 Å². The summed E-state index contributed by atoms with van der Waals surface area (Å²) in [5.74, 6) is 0.0837. The van der Waals surface area contributed by atoms with Crippen LogP contribution in [-0.4, -0.2) is 63.7 Å². The molecule has 0 radical (unpaired) electrons. The number of carbonyl (C=O) groups is 2. The van der Waals surface area contributed by atoms with Gasteiger partial charge in [-0.25, -0.2) is 10.0 Å². The van der Waals surface area contributed by atoms with Crippen molar-refractivity contribution in [3.63, 3.8) is 0 Å². The minimum atomic E-state index is -0.623. The molecular formula is C22H30N4O4. The number of carbonyl (C=O) groups excluding carboxylic acids is 2. The molecule has 1 atom stereocenters. The van der Waals surface area contributed by atoms with Gasteiger partial charge in [-0.1, -0.05) is 19.1 Å². The minimum Gasteiger partial charge on any atom is -0.469 e. The van der Waals surface area contributed by atoms with Crippen LogP contribution < -0.4 is 0 Å². The van der Waals surface area contributed by atoms with Crippen LogP contribution in [0.5, 0.6) is 0 Å². The summed E-state index contributed by atoms with van der Waals surface area (Å²) in [6.07, 6.45) is 2.31. The Balaban J connectivity index is 1.51. The number of likely N-dealkylation sites (tertiary alicyclic amines) is 1. The van der Waals surface area contributed by atoms with Gasteiger partial charge in [0.1, 0.15) is 5.82 Å². The zero-order chi connectivity index (χ0) is 21.3. The van der Waals surface area contributed by atoms with Crippen LogP contribution in [0.2, 0.25) is 0 Å². The van der Waals surface area contributed by atoms with E-state index in [1.54, 1.807) is 0 Å². The molecule has 2 saturated heterocycles. The van der Waals surface area contributed by atoms with E-state index >= 15 is 0 Å². The highest BCUT2D eigenvalue weighted by Crippen LogP contribution is 2.44. The van der Waals surface area contributed by atoms with E-state index < -0.39 is 11.5 Å². The largest absolute Gasteiger partial charge is 0.469 e. The standard InChI is InChI=1S/C22H30N4O4/c1-4-13-30-26-20(27)14-16(21(28)29-3)22(26)9-11-25(12-10-22)15-19-23-17-7-5-6-8-18(17)24(19)2/h5-8,16H,4,9-15H2,1-3H3. The summed E-state index contributed by atoms with van der Waals surface area (Å²) in [7, 11) is 3.43. The Morgan fingerprint density at radius 2 is 2.00 bits per heavy atom. The SMILES string of the molecule is CCCON1C(=O)CC(C(=O)OC)C12CCN(Cc1nc3ccccc3n1C)CC2. The Morgan fingerprint density at radius 1 is 1.27 bits per heavy atom. The number of methoxy groups -OCH3 is 1. The van der Waals surface area contributed by atoms with Gasteiger partial charge >= 0.3 is 5.97 Å². The molecule has 1 aromatic carbocycles. The van der Waals surface area contributed by atoms with Gasteiger partial charge in [0.15, 0.2) is 0 Å². The van der Waals surface area contributed by atoms with Gasteiger partial charge in [0, 0.05) is 26.6 Å². The molecule has 3 heterocycles. The van der Waals surface area contributed by atoms with Gasteiger partial charge in [-0.2, -0.15) is 0 Å². The van der Waals surface area contributed by atoms with Gasteiger partial charge < -0.3 is 9.30 Å². The van der Waals surface area contributed by atoms with Crippen LogP contribution in [0.15, 0.2) is 24.3 Å². The van der Waals surface area contributed by atoms with E-state index in [1.807, 2.05) is 32.2 Å². The maximum Gasteiger partial charge on any atom is 0.311 e. The summed E-state index contributed by atoms with van der Waals surface area (Å²) in [5.41, 5.74) is 1.49. The van der Waals surface area contributed by atoms with E-state index in [4.69, 9.17) is 14.6 Å². The molecule has 0 N–H and O–H groups in total. The molecule has 2 aliphatic rings. The number of ether oxygens (including phenoxy) is 1. The first-order valence-electron chi connectivity index (χ1n) is 10.7. The number of aryl methyl sites for hydroxylation is 1. The maximum absolute atomic E-state index is 12.7. The van der Waals surface area contributed by atoms with Crippen molar-refractivity contribution in [1.82, 2.24) is 19.5 Å². The molecule has 1 unspecified atom stereocenters. The normalized spacial score (nSPS) is 21.6.